The summed E-state index contributed by atoms with van der Waals surface area (Å²) in [6.07, 6.45) is 4.82. The first-order valence-electron chi connectivity index (χ1n) is 10.8. The lowest BCUT2D eigenvalue weighted by molar-refractivity contribution is 0.180. The topological polar surface area (TPSA) is 110 Å². The number of nitrogen functional groups attached to an aromatic ring is 1. The highest BCUT2D eigenvalue weighted by atomic mass is 79.9. The Balaban J connectivity index is 1.43. The highest BCUT2D eigenvalue weighted by molar-refractivity contribution is 9.10. The number of hydrogen-bond donors (Lipinski definition) is 1. The second-order valence-electron chi connectivity index (χ2n) is 8.29. The predicted molar refractivity (Wildman–Crippen MR) is 135 cm³/mol. The third-order valence-electron chi connectivity index (χ3n) is 6.01. The summed E-state index contributed by atoms with van der Waals surface area (Å²) in [5.74, 6) is 0.467. The van der Waals surface area contributed by atoms with Gasteiger partial charge in [0.2, 0.25) is 10.0 Å². The Morgan fingerprint density at radius 2 is 1.74 bits per heavy atom. The number of benzene rings is 1. The molecule has 1 aliphatic rings. The average Bonchev–Trinajstić information content (AvgIpc) is 3.27. The molecule has 0 saturated carbocycles. The molecule has 2 N–H and O–H groups in total. The molecule has 0 atom stereocenters. The Hall–Kier alpha value is -2.86. The van der Waals surface area contributed by atoms with Gasteiger partial charge in [0.15, 0.2) is 5.65 Å². The molecular formula is C23H24BrN7O2S. The van der Waals surface area contributed by atoms with Gasteiger partial charge in [-0.05, 0) is 22.0 Å². The third kappa shape index (κ3) is 4.43. The van der Waals surface area contributed by atoms with E-state index in [-0.39, 0.29) is 0 Å². The van der Waals surface area contributed by atoms with Crippen LogP contribution in [0.5, 0.6) is 0 Å². The van der Waals surface area contributed by atoms with Gasteiger partial charge in [-0.2, -0.15) is 13.9 Å². The monoisotopic (exact) mass is 541 g/mol. The molecule has 0 amide bonds. The van der Waals surface area contributed by atoms with E-state index in [1.165, 1.54) is 10.6 Å². The summed E-state index contributed by atoms with van der Waals surface area (Å²) < 4.78 is 27.4. The number of hydrogen-bond acceptors (Lipinski definition) is 7. The Morgan fingerprint density at radius 3 is 2.38 bits per heavy atom. The molecule has 1 aliphatic heterocycles. The van der Waals surface area contributed by atoms with Gasteiger partial charge in [0.25, 0.3) is 0 Å². The minimum Gasteiger partial charge on any atom is -0.383 e. The van der Waals surface area contributed by atoms with E-state index in [1.54, 1.807) is 10.7 Å². The summed E-state index contributed by atoms with van der Waals surface area (Å²) >= 11 is 3.58. The van der Waals surface area contributed by atoms with Gasteiger partial charge in [0.05, 0.1) is 28.3 Å². The molecule has 34 heavy (non-hydrogen) atoms. The Kier molecular flexibility index (Phi) is 6.11. The van der Waals surface area contributed by atoms with Crippen LogP contribution in [0.25, 0.3) is 28.0 Å². The molecular weight excluding hydrogens is 518 g/mol. The van der Waals surface area contributed by atoms with Crippen molar-refractivity contribution < 1.29 is 8.42 Å². The Bertz CT molecular complexity index is 1430. The summed E-state index contributed by atoms with van der Waals surface area (Å²) in [5.41, 5.74) is 11.5. The summed E-state index contributed by atoms with van der Waals surface area (Å²) in [6.45, 7) is 2.73. The smallest absolute Gasteiger partial charge is 0.211 e. The van der Waals surface area contributed by atoms with Gasteiger partial charge in [0.1, 0.15) is 5.82 Å². The zero-order valence-corrected chi connectivity index (χ0v) is 21.0. The van der Waals surface area contributed by atoms with Crippen LogP contribution in [-0.4, -0.2) is 69.6 Å². The zero-order valence-electron chi connectivity index (χ0n) is 18.6. The first-order chi connectivity index (χ1) is 16.3. The molecule has 1 fully saturated rings. The number of piperazine rings is 1. The molecule has 5 rings (SSSR count). The van der Waals surface area contributed by atoms with Crippen LogP contribution < -0.4 is 5.73 Å². The lowest BCUT2D eigenvalue weighted by atomic mass is 10.1. The van der Waals surface area contributed by atoms with Crippen molar-refractivity contribution in [1.82, 2.24) is 28.8 Å². The van der Waals surface area contributed by atoms with E-state index in [2.05, 4.69) is 30.9 Å². The molecule has 4 aromatic rings. The fourth-order valence-electron chi connectivity index (χ4n) is 4.12. The first kappa shape index (κ1) is 22.9. The molecule has 1 saturated heterocycles. The van der Waals surface area contributed by atoms with Gasteiger partial charge < -0.3 is 5.73 Å². The highest BCUT2D eigenvalue weighted by Gasteiger charge is 2.25. The molecule has 3 aromatic heterocycles. The lowest BCUT2D eigenvalue weighted by Gasteiger charge is -2.33. The Morgan fingerprint density at radius 1 is 1.00 bits per heavy atom. The maximum atomic E-state index is 11.8. The molecule has 0 bridgehead atoms. The second-order valence-corrected chi connectivity index (χ2v) is 11.1. The molecule has 0 radical (unpaired) electrons. The predicted octanol–water partition coefficient (Wildman–Crippen LogP) is 2.88. The maximum Gasteiger partial charge on any atom is 0.211 e. The number of sulfonamides is 1. The van der Waals surface area contributed by atoms with Crippen molar-refractivity contribution in [3.8, 4) is 22.4 Å². The van der Waals surface area contributed by atoms with Crippen molar-refractivity contribution >= 4 is 37.4 Å². The van der Waals surface area contributed by atoms with Crippen molar-refractivity contribution in [2.24, 2.45) is 0 Å². The van der Waals surface area contributed by atoms with Crippen molar-refractivity contribution in [2.45, 2.75) is 6.54 Å². The van der Waals surface area contributed by atoms with Gasteiger partial charge in [-0.25, -0.2) is 13.4 Å². The van der Waals surface area contributed by atoms with Crippen LogP contribution in [0.2, 0.25) is 0 Å². The number of fused-ring (bicyclic) bond motifs is 1. The van der Waals surface area contributed by atoms with E-state index in [0.29, 0.717) is 48.7 Å². The van der Waals surface area contributed by atoms with E-state index >= 15 is 0 Å². The first-order valence-corrected chi connectivity index (χ1v) is 13.5. The molecule has 176 valence electrons. The molecule has 0 aliphatic carbocycles. The van der Waals surface area contributed by atoms with Gasteiger partial charge in [-0.1, -0.05) is 36.4 Å². The van der Waals surface area contributed by atoms with Crippen LogP contribution in [0.1, 0.15) is 5.69 Å². The number of aromatic nitrogens is 4. The number of halogens is 1. The number of rotatable bonds is 5. The van der Waals surface area contributed by atoms with E-state index in [9.17, 15) is 8.42 Å². The van der Waals surface area contributed by atoms with E-state index < -0.39 is 10.0 Å². The second kappa shape index (κ2) is 9.06. The maximum absolute atomic E-state index is 11.8. The van der Waals surface area contributed by atoms with E-state index in [1.807, 2.05) is 48.7 Å². The van der Waals surface area contributed by atoms with E-state index in [0.717, 1.165) is 28.1 Å². The van der Waals surface area contributed by atoms with Crippen molar-refractivity contribution in [3.05, 3.63) is 65.0 Å². The van der Waals surface area contributed by atoms with Gasteiger partial charge in [0, 0.05) is 55.6 Å². The van der Waals surface area contributed by atoms with Crippen LogP contribution in [0.4, 0.5) is 5.82 Å². The minimum atomic E-state index is -3.17. The standard InChI is InChI=1S/C23H24BrN7O2S/c1-34(32,33)30-11-9-29(10-12-30)15-20-21(24)22(25)31-23(28-20)18(14-27-31)17-7-8-19(26-13-17)16-5-3-2-4-6-16/h2-8,13-14H,9-12,15,25H2,1H3. The molecule has 4 heterocycles. The number of nitrogens with two attached hydrogens (primary N) is 1. The lowest BCUT2D eigenvalue weighted by Crippen LogP contribution is -2.47. The van der Waals surface area contributed by atoms with Gasteiger partial charge in [-0.3, -0.25) is 9.88 Å². The van der Waals surface area contributed by atoms with Crippen LogP contribution in [0.15, 0.2) is 59.3 Å². The molecule has 0 spiro atoms. The van der Waals surface area contributed by atoms with E-state index in [4.69, 9.17) is 10.7 Å². The van der Waals surface area contributed by atoms with Gasteiger partial charge in [-0.15, -0.1) is 0 Å². The highest BCUT2D eigenvalue weighted by Crippen LogP contribution is 2.31. The van der Waals surface area contributed by atoms with Crippen molar-refractivity contribution in [1.29, 1.82) is 0 Å². The van der Waals surface area contributed by atoms with Gasteiger partial charge >= 0.3 is 0 Å². The quantitative estimate of drug-likeness (QED) is 0.413. The largest absolute Gasteiger partial charge is 0.383 e. The molecule has 11 heteroatoms. The summed E-state index contributed by atoms with van der Waals surface area (Å²) in [5, 5.41) is 4.45. The Labute approximate surface area is 206 Å². The molecule has 9 nitrogen and oxygen atoms in total. The fraction of sp³-hybridized carbons (Fsp3) is 0.261. The van der Waals surface area contributed by atoms with Crippen molar-refractivity contribution in [3.63, 3.8) is 0 Å². The van der Waals surface area contributed by atoms with Crippen LogP contribution >= 0.6 is 15.9 Å². The fourth-order valence-corrected chi connectivity index (χ4v) is 5.32. The van der Waals surface area contributed by atoms with Crippen LogP contribution in [-0.2, 0) is 16.6 Å². The number of anilines is 1. The number of nitrogens with zero attached hydrogens (tertiary/aromatic N) is 6. The SMILES string of the molecule is CS(=O)(=O)N1CCN(Cc2nc3c(-c4ccc(-c5ccccc5)nc4)cnn3c(N)c2Br)CC1. The summed E-state index contributed by atoms with van der Waals surface area (Å²) in [6, 6.07) is 14.0. The molecule has 0 unspecified atom stereocenters. The minimum absolute atomic E-state index is 0.464. The van der Waals surface area contributed by atoms with Crippen LogP contribution in [0, 0.1) is 0 Å². The number of pyridine rings is 1. The third-order valence-corrected chi connectivity index (χ3v) is 8.18. The normalized spacial score (nSPS) is 15.7. The average molecular weight is 542 g/mol. The summed E-state index contributed by atoms with van der Waals surface area (Å²) in [4.78, 5) is 11.7. The zero-order chi connectivity index (χ0) is 23.9. The van der Waals surface area contributed by atoms with Crippen molar-refractivity contribution in [2.75, 3.05) is 38.2 Å². The summed E-state index contributed by atoms with van der Waals surface area (Å²) in [7, 11) is -3.17. The molecule has 1 aromatic carbocycles. The van der Waals surface area contributed by atoms with Crippen LogP contribution in [0.3, 0.4) is 0 Å².